The molecule has 0 radical (unpaired) electrons. The number of ether oxygens (including phenoxy) is 4. The number of nitrogens with zero attached hydrogens (tertiary/aromatic N) is 7. The van der Waals surface area contributed by atoms with E-state index in [2.05, 4.69) is 57.4 Å². The number of nitrogens with two attached hydrogens (primary N) is 2. The largest absolute Gasteiger partial charge is 0.496 e. The van der Waals surface area contributed by atoms with E-state index < -0.39 is 89.6 Å². The Kier molecular flexibility index (Phi) is 33.5. The monoisotopic (exact) mass is 1770 g/mol. The first-order chi connectivity index (χ1) is 58.0. The van der Waals surface area contributed by atoms with Crippen molar-refractivity contribution < 1.29 is 87.1 Å². The van der Waals surface area contributed by atoms with Crippen LogP contribution in [0.5, 0.6) is 17.2 Å². The van der Waals surface area contributed by atoms with E-state index in [1.807, 2.05) is 0 Å². The maximum Gasteiger partial charge on any atom is 0.435 e. The van der Waals surface area contributed by atoms with Gasteiger partial charge in [0.05, 0.1) is 71.5 Å². The van der Waals surface area contributed by atoms with Gasteiger partial charge >= 0.3 is 37.4 Å². The fourth-order valence-electron chi connectivity index (χ4n) is 11.6. The Morgan fingerprint density at radius 3 is 1.24 bits per heavy atom. The summed E-state index contributed by atoms with van der Waals surface area (Å²) in [5.41, 5.74) is 11.8. The maximum atomic E-state index is 13.5. The van der Waals surface area contributed by atoms with E-state index in [1.165, 1.54) is 39.5 Å². The summed E-state index contributed by atoms with van der Waals surface area (Å²) in [7, 11) is 3.74. The first-order valence-corrected chi connectivity index (χ1v) is 38.6. The number of thiocarbonyl (C=S) groups is 3. The molecular formula is C82H88BF10N17O10S3. The van der Waals surface area contributed by atoms with Crippen LogP contribution in [0.25, 0.3) is 28.1 Å². The Balaban J connectivity index is 0.000000206. The molecule has 4 amide bonds. The van der Waals surface area contributed by atoms with Crippen LogP contribution in [0.1, 0.15) is 123 Å². The molecule has 0 aliphatic carbocycles. The van der Waals surface area contributed by atoms with Gasteiger partial charge in [-0.05, 0) is 132 Å². The topological polar surface area (TPSA) is 353 Å². The summed E-state index contributed by atoms with van der Waals surface area (Å²) in [5, 5.41) is 39.8. The number of rotatable bonds is 26. The summed E-state index contributed by atoms with van der Waals surface area (Å²) in [4.78, 5) is 66.1. The number of halogens is 10. The van der Waals surface area contributed by atoms with E-state index in [1.54, 1.807) is 194 Å². The second-order valence-corrected chi connectivity index (χ2v) is 29.4. The Morgan fingerprint density at radius 2 is 0.886 bits per heavy atom. The van der Waals surface area contributed by atoms with Crippen LogP contribution in [0, 0.1) is 5.82 Å². The molecule has 0 saturated carbocycles. The van der Waals surface area contributed by atoms with Gasteiger partial charge < -0.3 is 77.6 Å². The van der Waals surface area contributed by atoms with Gasteiger partial charge in [-0.2, -0.15) is 54.8 Å². The number of aromatic nitrogens is 8. The SMILES string of the molecule is COc1ccccc1CNC(=O)c1cc(C(F)(F)F)nn1-c1cccc(CN)c1.COc1ccccc1CNC(=O)c1cc(C(F)(F)F)nn1-c1cccc(CNC(=S)[C@H](C)N)c1.COc1ccccc1CNC(=O)c1cc(C(F)(F)F)nn1-c1cccc(CNC(=S)[C@H](C)NB(C)O)c1.C[C@@H](NC(=O)OC(C)(C)C)C(=S)n1c(=O)[nH]c2ccc(F)cc21. The van der Waals surface area contributed by atoms with Gasteiger partial charge in [0, 0.05) is 86.3 Å². The molecule has 0 aliphatic heterocycles. The zero-order chi connectivity index (χ0) is 90.4. The number of benzene rings is 7. The van der Waals surface area contributed by atoms with E-state index in [0.29, 0.717) is 84.0 Å². The molecule has 11 aromatic rings. The summed E-state index contributed by atoms with van der Waals surface area (Å²) in [6, 6.07) is 45.6. The minimum absolute atomic E-state index is 0.0511. The number of para-hydroxylation sites is 3. The van der Waals surface area contributed by atoms with Crippen molar-refractivity contribution in [2.45, 2.75) is 130 Å². The van der Waals surface area contributed by atoms with E-state index >= 15 is 0 Å². The number of imidazole rings is 1. The average molecular weight is 1770 g/mol. The van der Waals surface area contributed by atoms with Crippen molar-refractivity contribution in [3.05, 3.63) is 266 Å². The molecule has 0 saturated heterocycles. The number of hydrogen-bond acceptors (Lipinski definition) is 19. The molecule has 41 heteroatoms. The fraction of sp³-hybridized carbons (Fsp3) is 0.280. The predicted molar refractivity (Wildman–Crippen MR) is 454 cm³/mol. The van der Waals surface area contributed by atoms with Crippen LogP contribution < -0.4 is 68.5 Å². The molecule has 0 unspecified atom stereocenters. The molecule has 0 fully saturated rings. The van der Waals surface area contributed by atoms with Crippen LogP contribution in [0.4, 0.5) is 48.7 Å². The molecule has 3 atom stereocenters. The minimum Gasteiger partial charge on any atom is -0.496 e. The molecule has 123 heavy (non-hydrogen) atoms. The quantitative estimate of drug-likeness (QED) is 0.0136. The van der Waals surface area contributed by atoms with Crippen LogP contribution in [0.15, 0.2) is 187 Å². The molecule has 13 N–H and O–H groups in total. The normalized spacial score (nSPS) is 12.1. The molecule has 4 heterocycles. The van der Waals surface area contributed by atoms with Gasteiger partial charge in [0.1, 0.15) is 50.7 Å². The van der Waals surface area contributed by atoms with Crippen LogP contribution in [0.2, 0.25) is 6.82 Å². The van der Waals surface area contributed by atoms with Gasteiger partial charge in [-0.3, -0.25) is 19.0 Å². The number of alkyl halides is 9. The lowest BCUT2D eigenvalue weighted by Gasteiger charge is -2.22. The van der Waals surface area contributed by atoms with Gasteiger partial charge in [0.25, 0.3) is 17.7 Å². The number of carbonyl (C=O) groups is 4. The Hall–Kier alpha value is -12.4. The summed E-state index contributed by atoms with van der Waals surface area (Å²) < 4.78 is 159. The molecule has 652 valence electrons. The molecule has 27 nitrogen and oxygen atoms in total. The zero-order valence-electron chi connectivity index (χ0n) is 67.8. The van der Waals surface area contributed by atoms with Crippen molar-refractivity contribution in [2.75, 3.05) is 21.3 Å². The van der Waals surface area contributed by atoms with Crippen LogP contribution in [-0.2, 0) is 62.5 Å². The second-order valence-electron chi connectivity index (χ2n) is 28.1. The van der Waals surface area contributed by atoms with Crippen molar-refractivity contribution >= 4 is 93.5 Å². The van der Waals surface area contributed by atoms with Crippen molar-refractivity contribution in [3.8, 4) is 34.3 Å². The van der Waals surface area contributed by atoms with Crippen molar-refractivity contribution in [1.82, 2.24) is 76.0 Å². The highest BCUT2D eigenvalue weighted by atomic mass is 32.1. The molecule has 0 spiro atoms. The first-order valence-electron chi connectivity index (χ1n) is 37.4. The van der Waals surface area contributed by atoms with E-state index in [9.17, 15) is 72.9 Å². The molecule has 0 aliphatic rings. The molecule has 4 aromatic heterocycles. The lowest BCUT2D eigenvalue weighted by molar-refractivity contribution is -0.142. The lowest BCUT2D eigenvalue weighted by Crippen LogP contribution is -2.46. The summed E-state index contributed by atoms with van der Waals surface area (Å²) >= 11 is 15.7. The van der Waals surface area contributed by atoms with Gasteiger partial charge in [-0.1, -0.05) is 128 Å². The Bertz CT molecular complexity index is 5610. The third-order valence-electron chi connectivity index (χ3n) is 17.5. The summed E-state index contributed by atoms with van der Waals surface area (Å²) in [5.74, 6) is -0.960. The van der Waals surface area contributed by atoms with E-state index in [-0.39, 0.29) is 72.6 Å². The molecule has 0 bridgehead atoms. The zero-order valence-corrected chi connectivity index (χ0v) is 70.2. The minimum atomic E-state index is -4.73. The fourth-order valence-corrected chi connectivity index (χ4v) is 12.0. The van der Waals surface area contributed by atoms with Crippen LogP contribution in [0.3, 0.4) is 0 Å². The molecule has 11 rings (SSSR count). The second kappa shape index (κ2) is 42.9. The summed E-state index contributed by atoms with van der Waals surface area (Å²) in [6.45, 7) is 12.9. The first kappa shape index (κ1) is 96.1. The van der Waals surface area contributed by atoms with E-state index in [0.717, 1.165) is 42.4 Å². The van der Waals surface area contributed by atoms with Crippen molar-refractivity contribution in [2.24, 2.45) is 11.5 Å². The number of alkyl carbamates (subject to hydrolysis) is 1. The number of carbonyl (C=O) groups excluding carboxylic acids is 4. The number of amides is 4. The van der Waals surface area contributed by atoms with Gasteiger partial charge in [-0.25, -0.2) is 28.0 Å². The number of aromatic amines is 1. The highest BCUT2D eigenvalue weighted by Crippen LogP contribution is 2.34. The van der Waals surface area contributed by atoms with Crippen molar-refractivity contribution in [3.63, 3.8) is 0 Å². The average Bonchev–Trinajstić information content (AvgIpc) is 1.67. The van der Waals surface area contributed by atoms with Gasteiger partial charge in [0.15, 0.2) is 17.1 Å². The van der Waals surface area contributed by atoms with Gasteiger partial charge in [0.2, 0.25) is 0 Å². The third-order valence-corrected chi connectivity index (χ3v) is 19.0. The van der Waals surface area contributed by atoms with E-state index in [4.69, 9.17) is 67.1 Å². The number of H-pyrrole nitrogens is 1. The highest BCUT2D eigenvalue weighted by Gasteiger charge is 2.39. The van der Waals surface area contributed by atoms with Gasteiger partial charge in [-0.15, -0.1) is 0 Å². The Morgan fingerprint density at radius 1 is 0.512 bits per heavy atom. The van der Waals surface area contributed by atoms with Crippen LogP contribution in [-0.4, -0.2) is 135 Å². The Labute approximate surface area is 715 Å². The third kappa shape index (κ3) is 27.3. The predicted octanol–water partition coefficient (Wildman–Crippen LogP) is 12.8. The van der Waals surface area contributed by atoms with Crippen molar-refractivity contribution in [1.29, 1.82) is 0 Å². The number of hydrogen-bond donors (Lipinski definition) is 11. The number of nitrogens with one attached hydrogen (secondary N) is 8. The standard InChI is InChI=1S/C24H27BF3N5O3S.C23H24F3N5O2S.C20H19F3N4O2.C15H18FN3O3S/c1-15(31-25(2)35)23(37)30-13-16-7-6-9-18(11-16)33-19(12-21(32-33)24(26,27)28)22(34)29-14-17-8-4-5-10-20(17)36-3;1-14(27)22(34)29-12-15-6-5-8-17(10-15)31-18(11-20(30-31)23(24,25)26)21(32)28-13-16-7-3-4-9-19(16)33-2;1-29-17-8-3-2-6-14(17)12-25-19(28)16-10-18(20(21,22)23)26-27(16)15-7-4-5-13(9-15)11-24;1-8(17-14(21)22-15(2,3)4)12(23)19-11-7-9(16)5-6-10(11)18-13(19)20/h4-12,15,31,35H,13-14H2,1-3H3,(H,29,34)(H,30,37);3-11,14H,12-13,27H2,1-2H3,(H,28,32)(H,29,34);2-10H,11-12,24H2,1H3,(H,25,28);5-8H,1-4H3,(H,17,21)(H,18,20)/t15-;14-;;8-/m00.1/s1. The smallest absolute Gasteiger partial charge is 0.435 e. The molecular weight excluding hydrogens is 1680 g/mol. The lowest BCUT2D eigenvalue weighted by atomic mass is 9.87. The number of methoxy groups -OCH3 is 3. The summed E-state index contributed by atoms with van der Waals surface area (Å²) in [6.07, 6.45) is -14.8. The molecule has 7 aromatic carbocycles. The van der Waals surface area contributed by atoms with Crippen LogP contribution >= 0.6 is 36.7 Å². The number of fused-ring (bicyclic) bond motifs is 1. The maximum absolute atomic E-state index is 13.5. The highest BCUT2D eigenvalue weighted by molar-refractivity contribution is 7.80.